The number of halogens is 1. The van der Waals surface area contributed by atoms with E-state index < -0.39 is 36.6 Å². The first-order valence-electron chi connectivity index (χ1n) is 15.0. The van der Waals surface area contributed by atoms with E-state index in [4.69, 9.17) is 16.3 Å². The maximum atomic E-state index is 12.3. The Morgan fingerprint density at radius 2 is 0.978 bits per heavy atom. The monoisotopic (exact) mass is 724 g/mol. The quantitative estimate of drug-likeness (QED) is 0.226. The van der Waals surface area contributed by atoms with Crippen LogP contribution in [0, 0.1) is 11.8 Å². The summed E-state index contributed by atoms with van der Waals surface area (Å²) in [7, 11) is 0. The molecular weight excluding hydrogens is 692 g/mol. The predicted molar refractivity (Wildman–Crippen MR) is 183 cm³/mol. The first-order valence-corrected chi connectivity index (χ1v) is 20.5. The second kappa shape index (κ2) is 14.0. The molecule has 2 fully saturated rings. The molecule has 227 valence electrons. The number of benzene rings is 5. The molecule has 4 atom stereocenters. The van der Waals surface area contributed by atoms with Crippen LogP contribution in [0.1, 0.15) is 12.8 Å². The van der Waals surface area contributed by atoms with Crippen molar-refractivity contribution < 1.29 is 19.4 Å². The van der Waals surface area contributed by atoms with Gasteiger partial charge in [-0.05, 0) is 37.1 Å². The van der Waals surface area contributed by atoms with Crippen molar-refractivity contribution in [1.29, 1.82) is 0 Å². The second-order valence-electron chi connectivity index (χ2n) is 11.2. The van der Waals surface area contributed by atoms with Gasteiger partial charge in [-0.1, -0.05) is 11.6 Å². The first kappa shape index (κ1) is 31.1. The van der Waals surface area contributed by atoms with E-state index in [-0.39, 0.29) is 18.1 Å². The molecule has 5 aromatic rings. The number of ether oxygens (including phenoxy) is 1. The summed E-state index contributed by atoms with van der Waals surface area (Å²) in [6.45, 7) is 0. The molecule has 2 N–H and O–H groups in total. The number of rotatable bonds is 7. The van der Waals surface area contributed by atoms with Crippen molar-refractivity contribution in [2.45, 2.75) is 25.0 Å². The van der Waals surface area contributed by atoms with Crippen LogP contribution in [0.15, 0.2) is 146 Å². The molecule has 2 bridgehead atoms. The van der Waals surface area contributed by atoms with Gasteiger partial charge in [0.15, 0.2) is 0 Å². The molecule has 7 rings (SSSR count). The number of amides is 1. The summed E-state index contributed by atoms with van der Waals surface area (Å²) >= 11 is 2.61. The number of hydrogen-bond acceptors (Lipinski definition) is 3. The number of fused-ring (bicyclic) bond motifs is 2. The zero-order valence-electron chi connectivity index (χ0n) is 24.6. The number of aliphatic carboxylic acids is 1. The van der Waals surface area contributed by atoms with Crippen LogP contribution >= 0.6 is 11.6 Å². The molecule has 7 heteroatoms. The van der Waals surface area contributed by atoms with Gasteiger partial charge in [0.2, 0.25) is 5.91 Å². The summed E-state index contributed by atoms with van der Waals surface area (Å²) in [5.41, 5.74) is 0.603. The van der Waals surface area contributed by atoms with Gasteiger partial charge in [-0.3, -0.25) is 9.59 Å². The van der Waals surface area contributed by atoms with E-state index in [2.05, 4.69) is 127 Å². The molecular formula is C38H34ClNO4Sb. The van der Waals surface area contributed by atoms with Crippen LogP contribution in [0.3, 0.4) is 0 Å². The van der Waals surface area contributed by atoms with Crippen molar-refractivity contribution >= 4 is 62.0 Å². The minimum absolute atomic E-state index is 0.284. The van der Waals surface area contributed by atoms with E-state index in [0.717, 1.165) is 6.42 Å². The molecule has 0 aromatic heterocycles. The number of anilines is 1. The minimum atomic E-state index is -3.17. The van der Waals surface area contributed by atoms with Crippen molar-refractivity contribution in [2.24, 2.45) is 11.8 Å². The van der Waals surface area contributed by atoms with Gasteiger partial charge in [-0.15, -0.1) is 0 Å². The molecule has 0 spiro atoms. The fourth-order valence-corrected chi connectivity index (χ4v) is 18.9. The van der Waals surface area contributed by atoms with Gasteiger partial charge in [0.25, 0.3) is 0 Å². The van der Waals surface area contributed by atoms with Gasteiger partial charge in [0.1, 0.15) is 0 Å². The maximum absolute atomic E-state index is 12.3. The molecule has 0 unspecified atom stereocenters. The van der Waals surface area contributed by atoms with Crippen LogP contribution in [-0.2, 0) is 14.3 Å². The van der Waals surface area contributed by atoms with E-state index in [1.54, 1.807) is 24.3 Å². The van der Waals surface area contributed by atoms with Gasteiger partial charge in [0.05, 0.1) is 24.0 Å². The fraction of sp³-hybridized carbons (Fsp3) is 0.158. The van der Waals surface area contributed by atoms with Gasteiger partial charge in [0, 0.05) is 10.7 Å². The Kier molecular flexibility index (Phi) is 9.70. The summed E-state index contributed by atoms with van der Waals surface area (Å²) in [6, 6.07) is 51.1. The third-order valence-corrected chi connectivity index (χ3v) is 21.0. The molecule has 0 aliphatic carbocycles. The van der Waals surface area contributed by atoms with Crippen molar-refractivity contribution in [2.75, 3.05) is 5.32 Å². The van der Waals surface area contributed by atoms with Gasteiger partial charge < -0.3 is 15.2 Å². The van der Waals surface area contributed by atoms with E-state index >= 15 is 0 Å². The van der Waals surface area contributed by atoms with Crippen molar-refractivity contribution in [3.63, 3.8) is 0 Å². The molecule has 45 heavy (non-hydrogen) atoms. The van der Waals surface area contributed by atoms with E-state index in [1.807, 2.05) is 0 Å². The molecule has 1 amide bonds. The number of nitrogens with one attached hydrogen (secondary N) is 1. The van der Waals surface area contributed by atoms with Crippen LogP contribution in [-0.4, -0.2) is 48.0 Å². The van der Waals surface area contributed by atoms with Gasteiger partial charge >= 0.3 is 160 Å². The van der Waals surface area contributed by atoms with Crippen molar-refractivity contribution in [3.8, 4) is 0 Å². The average molecular weight is 726 g/mol. The summed E-state index contributed by atoms with van der Waals surface area (Å²) in [5.74, 6) is -2.64. The standard InChI is InChI=1S/C14H14ClNO4.4C6H5.Sb/c15-7-1-3-8(4-2-7)16-13(17)11-9-5-6-10(20-9)12(11)14(18)19;4*1-2-4-6-5-3-1;/h1-4,9-12H,5-6H2,(H,16,17)(H,18,19);4*1-5H;/t9-,10+,11-,12+;;;;;/m1...../s1. The first-order chi connectivity index (χ1) is 22.0. The summed E-state index contributed by atoms with van der Waals surface area (Å²) < 4.78 is 11.5. The SMILES string of the molecule is O=C(O)[C@@H]1[C@H](C(=O)Nc2ccc(Cl)cc2)[C@H]2CC[C@@H]1O2.c1cc[c]([Sb]([c]2ccccc2)([c]2ccccc2)[c]2ccccc2)cc1. The molecule has 1 radical (unpaired) electrons. The molecule has 5 nitrogen and oxygen atoms in total. The average Bonchev–Trinajstić information content (AvgIpc) is 3.71. The van der Waals surface area contributed by atoms with Crippen LogP contribution in [0.25, 0.3) is 0 Å². The Hall–Kier alpha value is -3.89. The van der Waals surface area contributed by atoms with E-state index in [1.165, 1.54) is 14.0 Å². The molecule has 2 saturated heterocycles. The number of carbonyl (C=O) groups excluding carboxylic acids is 1. The number of carboxylic acid groups (broad SMARTS) is 1. The zero-order valence-corrected chi connectivity index (χ0v) is 27.9. The number of hydrogen-bond donors (Lipinski definition) is 2. The Labute approximate surface area is 272 Å². The molecule has 2 aliphatic heterocycles. The van der Waals surface area contributed by atoms with Crippen LogP contribution in [0.5, 0.6) is 0 Å². The summed E-state index contributed by atoms with van der Waals surface area (Å²) in [5, 5.41) is 12.6. The topological polar surface area (TPSA) is 75.6 Å². The summed E-state index contributed by atoms with van der Waals surface area (Å²) in [4.78, 5) is 23.6. The van der Waals surface area contributed by atoms with E-state index in [0.29, 0.717) is 17.1 Å². The third kappa shape index (κ3) is 6.44. The van der Waals surface area contributed by atoms with Crippen molar-refractivity contribution in [1.82, 2.24) is 0 Å². The third-order valence-electron chi connectivity index (χ3n) is 8.55. The Morgan fingerprint density at radius 1 is 0.600 bits per heavy atom. The number of carboxylic acids is 1. The molecule has 5 aromatic carbocycles. The van der Waals surface area contributed by atoms with Crippen molar-refractivity contribution in [3.05, 3.63) is 151 Å². The van der Waals surface area contributed by atoms with Gasteiger partial charge in [-0.2, -0.15) is 0 Å². The van der Waals surface area contributed by atoms with E-state index in [9.17, 15) is 14.7 Å². The molecule has 0 saturated carbocycles. The number of carbonyl (C=O) groups is 2. The summed E-state index contributed by atoms with van der Waals surface area (Å²) in [6.07, 6.45) is 0.839. The van der Waals surface area contributed by atoms with Crippen LogP contribution < -0.4 is 19.4 Å². The molecule has 2 aliphatic rings. The normalized spacial score (nSPS) is 20.1. The van der Waals surface area contributed by atoms with Crippen LogP contribution in [0.2, 0.25) is 5.02 Å². The Bertz CT molecular complexity index is 1560. The zero-order chi connectivity index (χ0) is 31.2. The van der Waals surface area contributed by atoms with Gasteiger partial charge in [-0.25, -0.2) is 0 Å². The molecule has 2 heterocycles. The Balaban J connectivity index is 0.000000163. The Morgan fingerprint density at radius 3 is 1.36 bits per heavy atom. The predicted octanol–water partition coefficient (Wildman–Crippen LogP) is 5.22. The second-order valence-corrected chi connectivity index (χ2v) is 21.4. The van der Waals surface area contributed by atoms with Crippen LogP contribution in [0.4, 0.5) is 5.69 Å². The fourth-order valence-electron chi connectivity index (χ4n) is 6.58.